The van der Waals surface area contributed by atoms with E-state index < -0.39 is 0 Å². The first-order valence-electron chi connectivity index (χ1n) is 6.43. The first-order valence-corrected chi connectivity index (χ1v) is 6.43. The summed E-state index contributed by atoms with van der Waals surface area (Å²) in [5.41, 5.74) is 6.52. The van der Waals surface area contributed by atoms with Crippen LogP contribution in [0.5, 0.6) is 17.2 Å². The fraction of sp³-hybridized carbons (Fsp3) is 0.188. The fourth-order valence-electron chi connectivity index (χ4n) is 1.66. The van der Waals surface area contributed by atoms with Crippen molar-refractivity contribution in [2.75, 3.05) is 12.3 Å². The summed E-state index contributed by atoms with van der Waals surface area (Å²) in [6.45, 7) is 2.76. The molecule has 2 N–H and O–H groups in total. The lowest BCUT2D eigenvalue weighted by Crippen LogP contribution is -1.94. The lowest BCUT2D eigenvalue weighted by atomic mass is 10.2. The quantitative estimate of drug-likeness (QED) is 0.839. The van der Waals surface area contributed by atoms with Crippen LogP contribution < -0.4 is 15.2 Å². The van der Waals surface area contributed by atoms with Gasteiger partial charge in [0, 0.05) is 11.8 Å². The summed E-state index contributed by atoms with van der Waals surface area (Å²) >= 11 is 0. The van der Waals surface area contributed by atoms with Crippen LogP contribution in [0.25, 0.3) is 0 Å². The Labute approximate surface area is 118 Å². The van der Waals surface area contributed by atoms with Gasteiger partial charge in [0.2, 0.25) is 0 Å². The molecule has 0 amide bonds. The van der Waals surface area contributed by atoms with Crippen molar-refractivity contribution >= 4 is 5.69 Å². The second-order valence-electron chi connectivity index (χ2n) is 4.28. The summed E-state index contributed by atoms with van der Waals surface area (Å²) in [6.07, 6.45) is 0.973. The van der Waals surface area contributed by atoms with Gasteiger partial charge in [-0.1, -0.05) is 6.92 Å². The van der Waals surface area contributed by atoms with E-state index in [1.54, 1.807) is 18.2 Å². The number of anilines is 1. The largest absolute Gasteiger partial charge is 0.494 e. The average molecular weight is 268 g/mol. The Kier molecular flexibility index (Phi) is 4.46. The highest BCUT2D eigenvalue weighted by molar-refractivity contribution is 5.57. The molecule has 0 aliphatic heterocycles. The third-order valence-electron chi connectivity index (χ3n) is 2.68. The Morgan fingerprint density at radius 3 is 2.35 bits per heavy atom. The first kappa shape index (κ1) is 13.8. The van der Waals surface area contributed by atoms with Crippen LogP contribution in [0.3, 0.4) is 0 Å². The van der Waals surface area contributed by atoms with E-state index in [2.05, 4.69) is 6.92 Å². The van der Waals surface area contributed by atoms with Gasteiger partial charge in [-0.05, 0) is 42.8 Å². The van der Waals surface area contributed by atoms with Gasteiger partial charge in [0.15, 0.2) is 0 Å². The predicted octanol–water partition coefficient (Wildman–Crippen LogP) is 3.72. The number of hydrogen-bond donors (Lipinski definition) is 1. The zero-order valence-electron chi connectivity index (χ0n) is 11.3. The second kappa shape index (κ2) is 6.48. The fourth-order valence-corrected chi connectivity index (χ4v) is 1.66. The summed E-state index contributed by atoms with van der Waals surface area (Å²) in [5, 5.41) is 8.93. The third-order valence-corrected chi connectivity index (χ3v) is 2.68. The van der Waals surface area contributed by atoms with Crippen molar-refractivity contribution in [2.45, 2.75) is 13.3 Å². The lowest BCUT2D eigenvalue weighted by Gasteiger charge is -2.08. The maximum Gasteiger partial charge on any atom is 0.128 e. The van der Waals surface area contributed by atoms with E-state index in [0.29, 0.717) is 29.4 Å². The van der Waals surface area contributed by atoms with E-state index in [-0.39, 0.29) is 0 Å². The topological polar surface area (TPSA) is 68.3 Å². The molecule has 4 heteroatoms. The van der Waals surface area contributed by atoms with Gasteiger partial charge in [-0.15, -0.1) is 0 Å². The molecule has 0 saturated heterocycles. The van der Waals surface area contributed by atoms with E-state index in [1.807, 2.05) is 30.3 Å². The van der Waals surface area contributed by atoms with Crippen LogP contribution in [-0.4, -0.2) is 6.61 Å². The molecular weight excluding hydrogens is 252 g/mol. The van der Waals surface area contributed by atoms with Gasteiger partial charge in [-0.2, -0.15) is 5.26 Å². The monoisotopic (exact) mass is 268 g/mol. The number of ether oxygens (including phenoxy) is 2. The van der Waals surface area contributed by atoms with Crippen LogP contribution >= 0.6 is 0 Å². The van der Waals surface area contributed by atoms with E-state index in [9.17, 15) is 0 Å². The Morgan fingerprint density at radius 1 is 1.05 bits per heavy atom. The lowest BCUT2D eigenvalue weighted by molar-refractivity contribution is 0.317. The van der Waals surface area contributed by atoms with Crippen molar-refractivity contribution < 1.29 is 9.47 Å². The smallest absolute Gasteiger partial charge is 0.128 e. The molecule has 0 unspecified atom stereocenters. The van der Waals surface area contributed by atoms with Crippen molar-refractivity contribution in [3.63, 3.8) is 0 Å². The molecular formula is C16H16N2O2. The third kappa shape index (κ3) is 3.42. The Bertz CT molecular complexity index is 615. The SMILES string of the molecule is CCCOc1ccc(Oc2ccc(N)c(C#N)c2)cc1. The van der Waals surface area contributed by atoms with Crippen molar-refractivity contribution in [2.24, 2.45) is 0 Å². The van der Waals surface area contributed by atoms with Crippen molar-refractivity contribution in [1.82, 2.24) is 0 Å². The van der Waals surface area contributed by atoms with Crippen LogP contribution in [0.1, 0.15) is 18.9 Å². The molecule has 0 aliphatic rings. The molecule has 0 bridgehead atoms. The Balaban J connectivity index is 2.08. The molecule has 2 rings (SSSR count). The van der Waals surface area contributed by atoms with Crippen LogP contribution in [0.2, 0.25) is 0 Å². The van der Waals surface area contributed by atoms with E-state index in [1.165, 1.54) is 0 Å². The Morgan fingerprint density at radius 2 is 1.70 bits per heavy atom. The van der Waals surface area contributed by atoms with Gasteiger partial charge in [0.25, 0.3) is 0 Å². The number of nitrogens with zero attached hydrogens (tertiary/aromatic N) is 1. The first-order chi connectivity index (χ1) is 9.72. The van der Waals surface area contributed by atoms with E-state index in [4.69, 9.17) is 20.5 Å². The zero-order chi connectivity index (χ0) is 14.4. The van der Waals surface area contributed by atoms with Gasteiger partial charge in [0.05, 0.1) is 12.2 Å². The molecule has 0 heterocycles. The summed E-state index contributed by atoms with van der Waals surface area (Å²) in [5.74, 6) is 2.08. The molecule has 0 radical (unpaired) electrons. The number of hydrogen-bond acceptors (Lipinski definition) is 4. The number of nitrogens with two attached hydrogens (primary N) is 1. The number of rotatable bonds is 5. The zero-order valence-corrected chi connectivity index (χ0v) is 11.3. The van der Waals surface area contributed by atoms with Crippen LogP contribution in [0.4, 0.5) is 5.69 Å². The maximum atomic E-state index is 8.93. The van der Waals surface area contributed by atoms with Crippen LogP contribution in [-0.2, 0) is 0 Å². The number of nitrogen functional groups attached to an aromatic ring is 1. The van der Waals surface area contributed by atoms with Gasteiger partial charge in [-0.25, -0.2) is 0 Å². The van der Waals surface area contributed by atoms with Crippen molar-refractivity contribution in [3.8, 4) is 23.3 Å². The summed E-state index contributed by atoms with van der Waals surface area (Å²) in [6, 6.07) is 14.4. The molecule has 2 aromatic carbocycles. The molecule has 2 aromatic rings. The minimum atomic E-state index is 0.408. The molecule has 0 fully saturated rings. The molecule has 20 heavy (non-hydrogen) atoms. The minimum absolute atomic E-state index is 0.408. The normalized spacial score (nSPS) is 9.80. The molecule has 0 spiro atoms. The summed E-state index contributed by atoms with van der Waals surface area (Å²) in [7, 11) is 0. The summed E-state index contributed by atoms with van der Waals surface area (Å²) in [4.78, 5) is 0. The van der Waals surface area contributed by atoms with E-state index in [0.717, 1.165) is 12.2 Å². The molecule has 102 valence electrons. The van der Waals surface area contributed by atoms with Gasteiger partial charge < -0.3 is 15.2 Å². The molecule has 4 nitrogen and oxygen atoms in total. The van der Waals surface area contributed by atoms with Gasteiger partial charge in [0.1, 0.15) is 23.3 Å². The highest BCUT2D eigenvalue weighted by Crippen LogP contribution is 2.26. The highest BCUT2D eigenvalue weighted by Gasteiger charge is 2.03. The molecule has 0 saturated carbocycles. The van der Waals surface area contributed by atoms with Crippen LogP contribution in [0, 0.1) is 11.3 Å². The average Bonchev–Trinajstić information content (AvgIpc) is 2.48. The standard InChI is InChI=1S/C16H16N2O2/c1-2-9-19-13-3-5-14(6-4-13)20-15-7-8-16(18)12(10-15)11-17/h3-8,10H,2,9,18H2,1H3. The van der Waals surface area contributed by atoms with Crippen LogP contribution in [0.15, 0.2) is 42.5 Å². The van der Waals surface area contributed by atoms with Crippen molar-refractivity contribution in [1.29, 1.82) is 5.26 Å². The number of nitriles is 1. The molecule has 0 aromatic heterocycles. The molecule has 0 aliphatic carbocycles. The Hall–Kier alpha value is -2.67. The molecule has 0 atom stereocenters. The second-order valence-corrected chi connectivity index (χ2v) is 4.28. The van der Waals surface area contributed by atoms with Crippen molar-refractivity contribution in [3.05, 3.63) is 48.0 Å². The van der Waals surface area contributed by atoms with Gasteiger partial charge >= 0.3 is 0 Å². The predicted molar refractivity (Wildman–Crippen MR) is 77.9 cm³/mol. The number of benzene rings is 2. The maximum absolute atomic E-state index is 8.93. The minimum Gasteiger partial charge on any atom is -0.494 e. The van der Waals surface area contributed by atoms with Gasteiger partial charge in [-0.3, -0.25) is 0 Å². The summed E-state index contributed by atoms with van der Waals surface area (Å²) < 4.78 is 11.2. The van der Waals surface area contributed by atoms with E-state index >= 15 is 0 Å². The highest BCUT2D eigenvalue weighted by atomic mass is 16.5.